The number of nitrogens with zero attached hydrogens (tertiary/aromatic N) is 1. The van der Waals surface area contributed by atoms with Crippen LogP contribution >= 0.6 is 0 Å². The van der Waals surface area contributed by atoms with Crippen molar-refractivity contribution < 1.29 is 18.3 Å². The molecule has 6 nitrogen and oxygen atoms in total. The minimum Gasteiger partial charge on any atom is -0.508 e. The molecule has 0 atom stereocenters. The number of hydrogen-bond donors (Lipinski definition) is 2. The van der Waals surface area contributed by atoms with Gasteiger partial charge in [-0.05, 0) is 67.5 Å². The van der Waals surface area contributed by atoms with Crippen LogP contribution in [0.4, 0.5) is 5.69 Å². The van der Waals surface area contributed by atoms with E-state index in [9.17, 15) is 18.3 Å². The van der Waals surface area contributed by atoms with E-state index in [0.717, 1.165) is 24.8 Å². The fraction of sp³-hybridized carbons (Fsp3) is 0.381. The monoisotopic (exact) mass is 400 g/mol. The average Bonchev–Trinajstić information content (AvgIpc) is 3.16. The third-order valence-electron chi connectivity index (χ3n) is 5.65. The normalized spacial score (nSPS) is 18.0. The van der Waals surface area contributed by atoms with Gasteiger partial charge >= 0.3 is 0 Å². The van der Waals surface area contributed by atoms with E-state index in [1.165, 1.54) is 22.0 Å². The first kappa shape index (κ1) is 19.0. The van der Waals surface area contributed by atoms with Crippen molar-refractivity contribution in [3.8, 4) is 5.75 Å². The molecular formula is C21H24N2O4S. The highest BCUT2D eigenvalue weighted by atomic mass is 32.2. The molecule has 7 heteroatoms. The van der Waals surface area contributed by atoms with Crippen molar-refractivity contribution in [3.63, 3.8) is 0 Å². The molecule has 1 aliphatic carbocycles. The molecule has 2 aromatic carbocycles. The lowest BCUT2D eigenvalue weighted by Gasteiger charge is -2.30. The molecule has 2 aliphatic rings. The highest BCUT2D eigenvalue weighted by molar-refractivity contribution is 7.89. The molecule has 0 saturated carbocycles. The van der Waals surface area contributed by atoms with E-state index in [-0.39, 0.29) is 17.6 Å². The smallest absolute Gasteiger partial charge is 0.243 e. The maximum Gasteiger partial charge on any atom is 0.243 e. The fourth-order valence-electron chi connectivity index (χ4n) is 4.04. The molecule has 2 aromatic rings. The number of carbonyl (C=O) groups is 1. The molecule has 148 valence electrons. The van der Waals surface area contributed by atoms with Crippen LogP contribution in [-0.2, 0) is 27.7 Å². The molecule has 0 spiro atoms. The Kier molecular flexibility index (Phi) is 5.12. The maximum atomic E-state index is 13.0. The lowest BCUT2D eigenvalue weighted by molar-refractivity contribution is -0.120. The van der Waals surface area contributed by atoms with Crippen molar-refractivity contribution in [3.05, 3.63) is 53.6 Å². The predicted octanol–water partition coefficient (Wildman–Crippen LogP) is 2.92. The Morgan fingerprint density at radius 1 is 1.04 bits per heavy atom. The Hall–Kier alpha value is -2.38. The summed E-state index contributed by atoms with van der Waals surface area (Å²) in [6.45, 7) is 0.662. The van der Waals surface area contributed by atoms with Crippen molar-refractivity contribution in [2.45, 2.75) is 37.0 Å². The Morgan fingerprint density at radius 2 is 1.79 bits per heavy atom. The minimum absolute atomic E-state index is 0.0908. The largest absolute Gasteiger partial charge is 0.508 e. The SMILES string of the molecule is O=C(Nc1cccc(O)c1)C1CCN(S(=O)(=O)c2ccc3c(c2)CCC3)CC1. The van der Waals surface area contributed by atoms with Crippen molar-refractivity contribution in [1.82, 2.24) is 4.31 Å². The van der Waals surface area contributed by atoms with Gasteiger partial charge in [0.2, 0.25) is 15.9 Å². The van der Waals surface area contributed by atoms with Crippen LogP contribution in [0.15, 0.2) is 47.4 Å². The van der Waals surface area contributed by atoms with Crippen molar-refractivity contribution in [1.29, 1.82) is 0 Å². The van der Waals surface area contributed by atoms with E-state index in [4.69, 9.17) is 0 Å². The molecule has 4 rings (SSSR count). The zero-order chi connectivity index (χ0) is 19.7. The van der Waals surface area contributed by atoms with Gasteiger partial charge in [-0.2, -0.15) is 4.31 Å². The van der Waals surface area contributed by atoms with E-state index >= 15 is 0 Å². The lowest BCUT2D eigenvalue weighted by Crippen LogP contribution is -2.41. The Morgan fingerprint density at radius 3 is 2.54 bits per heavy atom. The van der Waals surface area contributed by atoms with E-state index < -0.39 is 10.0 Å². The Labute approximate surface area is 165 Å². The zero-order valence-electron chi connectivity index (χ0n) is 15.6. The number of phenols is 1. The van der Waals surface area contributed by atoms with Gasteiger partial charge in [0.25, 0.3) is 0 Å². The fourth-order valence-corrected chi connectivity index (χ4v) is 5.56. The van der Waals surface area contributed by atoms with Gasteiger partial charge in [-0.1, -0.05) is 12.1 Å². The van der Waals surface area contributed by atoms with Crippen molar-refractivity contribution in [2.24, 2.45) is 5.92 Å². The number of phenolic OH excluding ortho intramolecular Hbond substituents is 1. The van der Waals surface area contributed by atoms with Crippen LogP contribution in [0.1, 0.15) is 30.4 Å². The number of hydrogen-bond acceptors (Lipinski definition) is 4. The van der Waals surface area contributed by atoms with Gasteiger partial charge in [0.1, 0.15) is 5.75 Å². The third-order valence-corrected chi connectivity index (χ3v) is 7.54. The van der Waals surface area contributed by atoms with Crippen LogP contribution in [0.2, 0.25) is 0 Å². The Bertz CT molecular complexity index is 995. The number of piperidine rings is 1. The summed E-state index contributed by atoms with van der Waals surface area (Å²) in [5.74, 6) is -0.290. The number of aromatic hydroxyl groups is 1. The number of sulfonamides is 1. The van der Waals surface area contributed by atoms with Crippen LogP contribution in [0.5, 0.6) is 5.75 Å². The number of amides is 1. The molecule has 0 aromatic heterocycles. The topological polar surface area (TPSA) is 86.7 Å². The van der Waals surface area contributed by atoms with Crippen LogP contribution in [0.3, 0.4) is 0 Å². The summed E-state index contributed by atoms with van der Waals surface area (Å²) in [4.78, 5) is 12.8. The number of rotatable bonds is 4. The van der Waals surface area contributed by atoms with Crippen LogP contribution in [-0.4, -0.2) is 36.8 Å². The van der Waals surface area contributed by atoms with Crippen molar-refractivity contribution in [2.75, 3.05) is 18.4 Å². The van der Waals surface area contributed by atoms with Gasteiger partial charge in [0, 0.05) is 30.8 Å². The maximum absolute atomic E-state index is 13.0. The van der Waals surface area contributed by atoms with E-state index in [2.05, 4.69) is 5.32 Å². The molecule has 0 radical (unpaired) electrons. The zero-order valence-corrected chi connectivity index (χ0v) is 16.4. The summed E-state index contributed by atoms with van der Waals surface area (Å²) in [5, 5.41) is 12.3. The summed E-state index contributed by atoms with van der Waals surface area (Å²) in [7, 11) is -3.53. The number of aryl methyl sites for hydroxylation is 2. The molecule has 1 fully saturated rings. The first-order chi connectivity index (χ1) is 13.4. The van der Waals surface area contributed by atoms with Gasteiger partial charge in [0.05, 0.1) is 4.90 Å². The highest BCUT2D eigenvalue weighted by Crippen LogP contribution is 2.29. The predicted molar refractivity (Wildman–Crippen MR) is 107 cm³/mol. The molecule has 28 heavy (non-hydrogen) atoms. The average molecular weight is 401 g/mol. The van der Waals surface area contributed by atoms with Crippen LogP contribution in [0, 0.1) is 5.92 Å². The summed E-state index contributed by atoms with van der Waals surface area (Å²) in [5.41, 5.74) is 2.93. The molecule has 1 amide bonds. The molecule has 0 bridgehead atoms. The summed E-state index contributed by atoms with van der Waals surface area (Å²) in [6, 6.07) is 11.9. The molecule has 0 unspecified atom stereocenters. The van der Waals surface area contributed by atoms with E-state index in [1.54, 1.807) is 18.2 Å². The lowest BCUT2D eigenvalue weighted by atomic mass is 9.97. The van der Waals surface area contributed by atoms with Crippen LogP contribution < -0.4 is 5.32 Å². The number of carbonyl (C=O) groups excluding carboxylic acids is 1. The van der Waals surface area contributed by atoms with Crippen molar-refractivity contribution >= 4 is 21.6 Å². The number of fused-ring (bicyclic) bond motifs is 1. The summed E-state index contributed by atoms with van der Waals surface area (Å²) in [6.07, 6.45) is 4.01. The highest BCUT2D eigenvalue weighted by Gasteiger charge is 2.32. The standard InChI is InChI=1S/C21H24N2O4S/c24-19-6-2-5-18(14-19)22-21(25)16-9-11-23(12-10-16)28(26,27)20-8-7-15-3-1-4-17(15)13-20/h2,5-8,13-14,16,24H,1,3-4,9-12H2,(H,22,25). The minimum atomic E-state index is -3.53. The quantitative estimate of drug-likeness (QED) is 0.826. The molecular weight excluding hydrogens is 376 g/mol. The van der Waals surface area contributed by atoms with E-state index in [0.29, 0.717) is 36.5 Å². The number of anilines is 1. The molecule has 1 aliphatic heterocycles. The van der Waals surface area contributed by atoms with Gasteiger partial charge in [-0.25, -0.2) is 8.42 Å². The second-order valence-corrected chi connectivity index (χ2v) is 9.44. The first-order valence-electron chi connectivity index (χ1n) is 9.65. The number of nitrogens with one attached hydrogen (secondary N) is 1. The second-order valence-electron chi connectivity index (χ2n) is 7.50. The number of benzene rings is 2. The molecule has 1 heterocycles. The second kappa shape index (κ2) is 7.56. The van der Waals surface area contributed by atoms with Gasteiger partial charge < -0.3 is 10.4 Å². The van der Waals surface area contributed by atoms with E-state index in [1.807, 2.05) is 12.1 Å². The Balaban J connectivity index is 1.40. The van der Waals surface area contributed by atoms with Gasteiger partial charge in [-0.3, -0.25) is 4.79 Å². The van der Waals surface area contributed by atoms with Gasteiger partial charge in [-0.15, -0.1) is 0 Å². The summed E-state index contributed by atoms with van der Waals surface area (Å²) >= 11 is 0. The van der Waals surface area contributed by atoms with Crippen LogP contribution in [0.25, 0.3) is 0 Å². The molecule has 1 saturated heterocycles. The van der Waals surface area contributed by atoms with Gasteiger partial charge in [0.15, 0.2) is 0 Å². The third kappa shape index (κ3) is 3.77. The summed E-state index contributed by atoms with van der Waals surface area (Å²) < 4.78 is 27.5. The first-order valence-corrected chi connectivity index (χ1v) is 11.1. The molecule has 2 N–H and O–H groups in total.